The van der Waals surface area contributed by atoms with Crippen molar-refractivity contribution in [3.05, 3.63) is 95.8 Å². The molecule has 140 valence electrons. The van der Waals surface area contributed by atoms with Crippen LogP contribution in [0.15, 0.2) is 83.9 Å². The largest absolute Gasteiger partial charge is 0.744 e. The first-order chi connectivity index (χ1) is 12.9. The van der Waals surface area contributed by atoms with Crippen LogP contribution in [0, 0.1) is 6.92 Å². The summed E-state index contributed by atoms with van der Waals surface area (Å²) >= 11 is 0. The Morgan fingerprint density at radius 2 is 1.52 bits per heavy atom. The summed E-state index contributed by atoms with van der Waals surface area (Å²) in [7, 11) is -2.62. The van der Waals surface area contributed by atoms with Gasteiger partial charge in [0.25, 0.3) is 5.69 Å². The van der Waals surface area contributed by atoms with Gasteiger partial charge in [-0.3, -0.25) is 4.84 Å². The Morgan fingerprint density at radius 3 is 2.11 bits per heavy atom. The van der Waals surface area contributed by atoms with Crippen molar-refractivity contribution in [2.24, 2.45) is 0 Å². The van der Waals surface area contributed by atoms with Crippen molar-refractivity contribution >= 4 is 22.3 Å². The number of hydrogen-bond acceptors (Lipinski definition) is 4. The van der Waals surface area contributed by atoms with E-state index < -0.39 is 10.1 Å². The van der Waals surface area contributed by atoms with Crippen molar-refractivity contribution in [2.75, 3.05) is 7.11 Å². The number of pyridine rings is 1. The van der Waals surface area contributed by atoms with Gasteiger partial charge in [0, 0.05) is 22.9 Å². The minimum atomic E-state index is -4.27. The fraction of sp³-hybridized carbons (Fsp3) is 0.0952. The Bertz CT molecular complexity index is 982. The van der Waals surface area contributed by atoms with E-state index in [2.05, 4.69) is 18.2 Å². The maximum Gasteiger partial charge on any atom is 0.257 e. The van der Waals surface area contributed by atoms with Crippen molar-refractivity contribution in [2.45, 2.75) is 11.8 Å². The molecule has 0 fully saturated rings. The van der Waals surface area contributed by atoms with Crippen LogP contribution in [0.1, 0.15) is 16.8 Å². The highest BCUT2D eigenvalue weighted by Crippen LogP contribution is 2.08. The first-order valence-corrected chi connectivity index (χ1v) is 9.62. The van der Waals surface area contributed by atoms with E-state index in [0.29, 0.717) is 0 Å². The van der Waals surface area contributed by atoms with Gasteiger partial charge in [0.05, 0.1) is 4.90 Å². The molecule has 1 heterocycles. The molecule has 0 radical (unpaired) electrons. The molecule has 2 aromatic carbocycles. The molecule has 5 nitrogen and oxygen atoms in total. The molecule has 1 aromatic heterocycles. The van der Waals surface area contributed by atoms with Gasteiger partial charge >= 0.3 is 0 Å². The summed E-state index contributed by atoms with van der Waals surface area (Å²) in [6.07, 6.45) is 5.97. The van der Waals surface area contributed by atoms with Crippen molar-refractivity contribution in [3.63, 3.8) is 0 Å². The zero-order valence-electron chi connectivity index (χ0n) is 15.1. The summed E-state index contributed by atoms with van der Waals surface area (Å²) in [4.78, 5) is 5.02. The first kappa shape index (κ1) is 20.4. The van der Waals surface area contributed by atoms with Gasteiger partial charge in [-0.2, -0.15) is 0 Å². The zero-order valence-corrected chi connectivity index (χ0v) is 16.0. The Hall–Kier alpha value is -2.96. The quantitative estimate of drug-likeness (QED) is 0.513. The molecule has 0 unspecified atom stereocenters. The highest BCUT2D eigenvalue weighted by molar-refractivity contribution is 7.85. The number of benzene rings is 2. The summed E-state index contributed by atoms with van der Waals surface area (Å²) in [5, 5.41) is 0. The Kier molecular flexibility index (Phi) is 7.28. The number of aryl methyl sites for hydroxylation is 1. The molecule has 3 aromatic rings. The summed E-state index contributed by atoms with van der Waals surface area (Å²) in [6.45, 7) is 1.82. The molecule has 0 atom stereocenters. The molecule has 0 saturated heterocycles. The SMILES string of the molecule is CO[n+]1ccccc1C=Cc1ccccc1.Cc1ccc(S(=O)(=O)[O-])cc1. The van der Waals surface area contributed by atoms with Crippen LogP contribution in [-0.4, -0.2) is 20.1 Å². The average molecular weight is 383 g/mol. The highest BCUT2D eigenvalue weighted by atomic mass is 32.2. The molecule has 0 saturated carbocycles. The van der Waals surface area contributed by atoms with Gasteiger partial charge in [0.1, 0.15) is 17.2 Å². The van der Waals surface area contributed by atoms with Crippen molar-refractivity contribution in [1.29, 1.82) is 0 Å². The second-order valence-corrected chi connectivity index (χ2v) is 7.02. The summed E-state index contributed by atoms with van der Waals surface area (Å²) in [5.74, 6) is 0. The van der Waals surface area contributed by atoms with Gasteiger partial charge in [0.15, 0.2) is 0 Å². The maximum absolute atomic E-state index is 10.4. The predicted molar refractivity (Wildman–Crippen MR) is 104 cm³/mol. The van der Waals surface area contributed by atoms with Crippen LogP contribution in [0.3, 0.4) is 0 Å². The fourth-order valence-electron chi connectivity index (χ4n) is 2.19. The molecule has 3 rings (SSSR count). The Labute approximate surface area is 159 Å². The lowest BCUT2D eigenvalue weighted by atomic mass is 10.2. The molecule has 6 heteroatoms. The number of hydrogen-bond donors (Lipinski definition) is 0. The highest BCUT2D eigenvalue weighted by Gasteiger charge is 2.04. The molecule has 0 spiro atoms. The van der Waals surface area contributed by atoms with E-state index in [0.717, 1.165) is 11.3 Å². The van der Waals surface area contributed by atoms with Crippen molar-refractivity contribution in [3.8, 4) is 0 Å². The number of nitrogens with zero attached hydrogens (tertiary/aromatic N) is 1. The molecule has 0 aliphatic rings. The smallest absolute Gasteiger partial charge is 0.257 e. The zero-order chi connectivity index (χ0) is 19.7. The van der Waals surface area contributed by atoms with E-state index in [-0.39, 0.29) is 4.90 Å². The van der Waals surface area contributed by atoms with Gasteiger partial charge in [-0.1, -0.05) is 48.0 Å². The van der Waals surface area contributed by atoms with E-state index in [9.17, 15) is 13.0 Å². The average Bonchev–Trinajstić information content (AvgIpc) is 2.67. The summed E-state index contributed by atoms with van der Waals surface area (Å²) in [6, 6.07) is 21.9. The monoisotopic (exact) mass is 383 g/mol. The Balaban J connectivity index is 0.000000208. The topological polar surface area (TPSA) is 70.3 Å². The fourth-order valence-corrected chi connectivity index (χ4v) is 2.66. The van der Waals surface area contributed by atoms with Crippen LogP contribution in [0.25, 0.3) is 12.2 Å². The summed E-state index contributed by atoms with van der Waals surface area (Å²) in [5.41, 5.74) is 3.11. The van der Waals surface area contributed by atoms with Gasteiger partial charge in [-0.05, 0) is 36.8 Å². The maximum atomic E-state index is 10.4. The second kappa shape index (κ2) is 9.66. The Morgan fingerprint density at radius 1 is 0.889 bits per heavy atom. The third kappa shape index (κ3) is 6.69. The molecule has 0 amide bonds. The molecule has 27 heavy (non-hydrogen) atoms. The molecular formula is C21H21NO4S. The van der Waals surface area contributed by atoms with Gasteiger partial charge in [0.2, 0.25) is 6.20 Å². The lowest BCUT2D eigenvalue weighted by Gasteiger charge is -2.05. The van der Waals surface area contributed by atoms with E-state index in [1.165, 1.54) is 17.7 Å². The van der Waals surface area contributed by atoms with Crippen LogP contribution in [0.5, 0.6) is 0 Å². The van der Waals surface area contributed by atoms with Crippen LogP contribution >= 0.6 is 0 Å². The third-order valence-corrected chi connectivity index (χ3v) is 4.46. The van der Waals surface area contributed by atoms with E-state index in [1.54, 1.807) is 24.0 Å². The van der Waals surface area contributed by atoms with Crippen LogP contribution in [0.4, 0.5) is 0 Å². The standard InChI is InChI=1S/C14H14NO.C7H8O3S/c1-16-15-12-6-5-9-14(15)11-10-13-7-3-2-4-8-13;1-6-2-4-7(5-3-6)11(8,9)10/h2-12H,1H3;2-5H,1H3,(H,8,9,10)/q+1;/p-1. The van der Waals surface area contributed by atoms with Gasteiger partial charge < -0.3 is 4.55 Å². The van der Waals surface area contributed by atoms with Gasteiger partial charge in [-0.15, -0.1) is 0 Å². The van der Waals surface area contributed by atoms with E-state index in [4.69, 9.17) is 4.84 Å². The van der Waals surface area contributed by atoms with E-state index in [1.807, 2.05) is 55.6 Å². The first-order valence-electron chi connectivity index (χ1n) is 8.21. The minimum Gasteiger partial charge on any atom is -0.744 e. The third-order valence-electron chi connectivity index (χ3n) is 3.61. The minimum absolute atomic E-state index is 0.178. The number of aromatic nitrogens is 1. The van der Waals surface area contributed by atoms with Crippen LogP contribution in [-0.2, 0) is 10.1 Å². The predicted octanol–water partition coefficient (Wildman–Crippen LogP) is 3.10. The van der Waals surface area contributed by atoms with Crippen LogP contribution in [0.2, 0.25) is 0 Å². The molecular weight excluding hydrogens is 362 g/mol. The second-order valence-electron chi connectivity index (χ2n) is 5.65. The molecule has 0 bridgehead atoms. The van der Waals surface area contributed by atoms with Crippen molar-refractivity contribution < 1.29 is 22.5 Å². The van der Waals surface area contributed by atoms with Gasteiger partial charge in [-0.25, -0.2) is 8.42 Å². The lowest BCUT2D eigenvalue weighted by Crippen LogP contribution is -2.42. The molecule has 0 aliphatic carbocycles. The van der Waals surface area contributed by atoms with E-state index >= 15 is 0 Å². The molecule has 0 N–H and O–H groups in total. The van der Waals surface area contributed by atoms with Crippen LogP contribution < -0.4 is 9.57 Å². The normalized spacial score (nSPS) is 10.9. The molecule has 0 aliphatic heterocycles. The lowest BCUT2D eigenvalue weighted by molar-refractivity contribution is -0.886. The van der Waals surface area contributed by atoms with Crippen molar-refractivity contribution in [1.82, 2.24) is 0 Å². The summed E-state index contributed by atoms with van der Waals surface area (Å²) < 4.78 is 32.9. The number of rotatable bonds is 4.